The van der Waals surface area contributed by atoms with Crippen molar-refractivity contribution in [1.29, 1.82) is 0 Å². The normalized spacial score (nSPS) is 31.8. The van der Waals surface area contributed by atoms with Gasteiger partial charge in [0.2, 0.25) is 0 Å². The quantitative estimate of drug-likeness (QED) is 0.871. The first-order valence-electron chi connectivity index (χ1n) is 9.83. The predicted molar refractivity (Wildman–Crippen MR) is 101 cm³/mol. The third-order valence-corrected chi connectivity index (χ3v) is 5.68. The second kappa shape index (κ2) is 8.23. The molecule has 3 fully saturated rings. The molecule has 0 unspecified atom stereocenters. The predicted octanol–water partition coefficient (Wildman–Crippen LogP) is 3.11. The zero-order valence-corrected chi connectivity index (χ0v) is 15.1. The van der Waals surface area contributed by atoms with Gasteiger partial charge in [-0.15, -0.1) is 0 Å². The van der Waals surface area contributed by atoms with Gasteiger partial charge in [-0.25, -0.2) is 4.79 Å². The lowest BCUT2D eigenvalue weighted by Gasteiger charge is -2.24. The van der Waals surface area contributed by atoms with E-state index in [0.29, 0.717) is 19.3 Å². The largest absolute Gasteiger partial charge is 0.373 e. The van der Waals surface area contributed by atoms with Gasteiger partial charge < -0.3 is 20.1 Å². The number of urea groups is 1. The molecule has 26 heavy (non-hydrogen) atoms. The molecule has 4 atom stereocenters. The van der Waals surface area contributed by atoms with Crippen LogP contribution in [0.3, 0.4) is 0 Å². The molecule has 2 N–H and O–H groups in total. The van der Waals surface area contributed by atoms with Gasteiger partial charge in [0.05, 0.1) is 25.4 Å². The van der Waals surface area contributed by atoms with Crippen LogP contribution in [-0.4, -0.2) is 43.5 Å². The third kappa shape index (κ3) is 4.10. The molecule has 1 aromatic rings. The Balaban J connectivity index is 1.29. The van der Waals surface area contributed by atoms with Crippen LogP contribution >= 0.6 is 0 Å². The molecule has 2 heterocycles. The van der Waals surface area contributed by atoms with Crippen LogP contribution < -0.4 is 10.6 Å². The summed E-state index contributed by atoms with van der Waals surface area (Å²) in [5.41, 5.74) is 1.18. The highest BCUT2D eigenvalue weighted by molar-refractivity contribution is 5.74. The fraction of sp³-hybridized carbons (Fsp3) is 0.571. The van der Waals surface area contributed by atoms with E-state index in [1.807, 2.05) is 18.2 Å². The zero-order valence-electron chi connectivity index (χ0n) is 15.1. The van der Waals surface area contributed by atoms with Crippen LogP contribution in [-0.2, 0) is 9.47 Å². The van der Waals surface area contributed by atoms with E-state index in [2.05, 4.69) is 34.9 Å². The Morgan fingerprint density at radius 3 is 2.54 bits per heavy atom. The van der Waals surface area contributed by atoms with Gasteiger partial charge in [-0.1, -0.05) is 61.7 Å². The van der Waals surface area contributed by atoms with Crippen molar-refractivity contribution in [1.82, 2.24) is 10.6 Å². The van der Waals surface area contributed by atoms with Crippen molar-refractivity contribution in [2.75, 3.05) is 13.2 Å². The van der Waals surface area contributed by atoms with Gasteiger partial charge in [0.15, 0.2) is 0 Å². The number of benzene rings is 1. The monoisotopic (exact) mass is 356 g/mol. The smallest absolute Gasteiger partial charge is 0.315 e. The summed E-state index contributed by atoms with van der Waals surface area (Å²) in [5, 5.41) is 6.18. The molecule has 1 aliphatic carbocycles. The molecule has 4 rings (SSSR count). The van der Waals surface area contributed by atoms with Crippen molar-refractivity contribution in [3.8, 4) is 0 Å². The van der Waals surface area contributed by atoms with Crippen molar-refractivity contribution in [3.63, 3.8) is 0 Å². The summed E-state index contributed by atoms with van der Waals surface area (Å²) in [6.07, 6.45) is 10.1. The van der Waals surface area contributed by atoms with E-state index in [9.17, 15) is 4.79 Å². The first-order valence-corrected chi connectivity index (χ1v) is 9.83. The van der Waals surface area contributed by atoms with Gasteiger partial charge in [-0.05, 0) is 18.4 Å². The van der Waals surface area contributed by atoms with Gasteiger partial charge in [-0.3, -0.25) is 0 Å². The average molecular weight is 356 g/mol. The lowest BCUT2D eigenvalue weighted by atomic mass is 9.96. The summed E-state index contributed by atoms with van der Waals surface area (Å²) in [6, 6.07) is 10.4. The van der Waals surface area contributed by atoms with Gasteiger partial charge in [0.25, 0.3) is 0 Å². The van der Waals surface area contributed by atoms with Gasteiger partial charge >= 0.3 is 6.03 Å². The highest BCUT2D eigenvalue weighted by Gasteiger charge is 2.47. The van der Waals surface area contributed by atoms with Gasteiger partial charge in [0, 0.05) is 12.0 Å². The molecule has 2 saturated heterocycles. The zero-order chi connectivity index (χ0) is 17.8. The maximum Gasteiger partial charge on any atom is 0.315 e. The van der Waals surface area contributed by atoms with Crippen LogP contribution in [0.15, 0.2) is 36.4 Å². The summed E-state index contributed by atoms with van der Waals surface area (Å²) in [4.78, 5) is 12.3. The Morgan fingerprint density at radius 1 is 0.962 bits per heavy atom. The fourth-order valence-electron chi connectivity index (χ4n) is 4.26. The van der Waals surface area contributed by atoms with Crippen molar-refractivity contribution in [2.24, 2.45) is 5.92 Å². The highest BCUT2D eigenvalue weighted by atomic mass is 16.6. The average Bonchev–Trinajstić information content (AvgIpc) is 3.25. The fourth-order valence-corrected chi connectivity index (χ4v) is 4.26. The van der Waals surface area contributed by atoms with Crippen LogP contribution in [0, 0.1) is 5.92 Å². The number of ether oxygens (including phenoxy) is 2. The van der Waals surface area contributed by atoms with Crippen molar-refractivity contribution < 1.29 is 14.3 Å². The standard InChI is InChI=1S/C21H28N2O3/c24-21(22-17-9-5-2-6-10-17)23-18-14-26-19-16(13-25-20(18)19)12-11-15-7-3-1-4-8-15/h1,3-4,7-8,11-12,16-20H,2,5-6,9-10,13-14H2,(H2,22,23,24)/t16-,18-,19+,20+/m0/s1. The molecular weight excluding hydrogens is 328 g/mol. The number of hydrogen-bond acceptors (Lipinski definition) is 3. The number of rotatable bonds is 4. The molecule has 5 heteroatoms. The second-order valence-corrected chi connectivity index (χ2v) is 7.59. The van der Waals surface area contributed by atoms with E-state index >= 15 is 0 Å². The molecule has 1 aromatic carbocycles. The molecule has 2 amide bonds. The molecular formula is C21H28N2O3. The molecule has 0 radical (unpaired) electrons. The van der Waals surface area contributed by atoms with E-state index < -0.39 is 0 Å². The van der Waals surface area contributed by atoms with Crippen LogP contribution in [0.1, 0.15) is 37.7 Å². The minimum absolute atomic E-state index is 0.0231. The third-order valence-electron chi connectivity index (χ3n) is 5.68. The van der Waals surface area contributed by atoms with E-state index in [4.69, 9.17) is 9.47 Å². The molecule has 0 bridgehead atoms. The molecule has 0 aromatic heterocycles. The number of nitrogens with one attached hydrogen (secondary N) is 2. The Morgan fingerprint density at radius 2 is 1.73 bits per heavy atom. The molecule has 5 nitrogen and oxygen atoms in total. The maximum atomic E-state index is 12.3. The van der Waals surface area contributed by atoms with Gasteiger partial charge in [-0.2, -0.15) is 0 Å². The van der Waals surface area contributed by atoms with Crippen molar-refractivity contribution >= 4 is 12.1 Å². The van der Waals surface area contributed by atoms with Crippen LogP contribution in [0.5, 0.6) is 0 Å². The lowest BCUT2D eigenvalue weighted by molar-refractivity contribution is 0.0661. The summed E-state index contributed by atoms with van der Waals surface area (Å²) in [7, 11) is 0. The van der Waals surface area contributed by atoms with E-state index in [1.165, 1.54) is 24.8 Å². The summed E-state index contributed by atoms with van der Waals surface area (Å²) in [6.45, 7) is 1.16. The van der Waals surface area contributed by atoms with E-state index in [-0.39, 0.29) is 30.2 Å². The minimum Gasteiger partial charge on any atom is -0.373 e. The lowest BCUT2D eigenvalue weighted by Crippen LogP contribution is -2.50. The molecule has 3 aliphatic rings. The topological polar surface area (TPSA) is 59.6 Å². The SMILES string of the molecule is O=C(NC1CCCCC1)N[C@H]1CO[C@H]2[C@@H]1OC[C@@H]2C=Cc1ccccc1. The van der Waals surface area contributed by atoms with Gasteiger partial charge in [0.1, 0.15) is 6.10 Å². The Hall–Kier alpha value is -1.85. The molecule has 2 aliphatic heterocycles. The Kier molecular flexibility index (Phi) is 5.56. The maximum absolute atomic E-state index is 12.3. The van der Waals surface area contributed by atoms with E-state index in [1.54, 1.807) is 0 Å². The molecule has 0 spiro atoms. The summed E-state index contributed by atoms with van der Waals surface area (Å²) < 4.78 is 11.9. The van der Waals surface area contributed by atoms with Crippen LogP contribution in [0.2, 0.25) is 0 Å². The number of carbonyl (C=O) groups is 1. The van der Waals surface area contributed by atoms with Crippen LogP contribution in [0.25, 0.3) is 6.08 Å². The number of carbonyl (C=O) groups excluding carboxylic acids is 1. The number of hydrogen-bond donors (Lipinski definition) is 2. The Bertz CT molecular complexity index is 627. The van der Waals surface area contributed by atoms with E-state index in [0.717, 1.165) is 12.8 Å². The molecule has 1 saturated carbocycles. The minimum atomic E-state index is -0.0852. The first kappa shape index (κ1) is 17.6. The highest BCUT2D eigenvalue weighted by Crippen LogP contribution is 2.32. The Labute approximate surface area is 155 Å². The van der Waals surface area contributed by atoms with Crippen molar-refractivity contribution in [3.05, 3.63) is 42.0 Å². The van der Waals surface area contributed by atoms with Crippen molar-refractivity contribution in [2.45, 2.75) is 56.4 Å². The number of fused-ring (bicyclic) bond motifs is 1. The second-order valence-electron chi connectivity index (χ2n) is 7.59. The number of amides is 2. The van der Waals surface area contributed by atoms with Crippen LogP contribution in [0.4, 0.5) is 4.79 Å². The molecule has 140 valence electrons. The summed E-state index contributed by atoms with van der Waals surface area (Å²) >= 11 is 0. The summed E-state index contributed by atoms with van der Waals surface area (Å²) in [5.74, 6) is 0.230. The first-order chi connectivity index (χ1) is 12.8.